The number of carboxylic acid groups (broad SMARTS) is 1. The van der Waals surface area contributed by atoms with Crippen LogP contribution in [-0.4, -0.2) is 52.6 Å². The fourth-order valence-electron chi connectivity index (χ4n) is 2.96. The molecule has 112 valence electrons. The Bertz CT molecular complexity index is 437. The highest BCUT2D eigenvalue weighted by Gasteiger charge is 2.36. The summed E-state index contributed by atoms with van der Waals surface area (Å²) in [5, 5.41) is 9.16. The van der Waals surface area contributed by atoms with Crippen LogP contribution in [0.3, 0.4) is 0 Å². The van der Waals surface area contributed by atoms with E-state index in [4.69, 9.17) is 5.11 Å². The molecule has 0 aliphatic carbocycles. The zero-order valence-corrected chi connectivity index (χ0v) is 12.6. The van der Waals surface area contributed by atoms with Gasteiger partial charge >= 0.3 is 12.0 Å². The van der Waals surface area contributed by atoms with Crippen molar-refractivity contribution in [3.8, 4) is 0 Å². The number of nitrogens with zero attached hydrogens (tertiary/aromatic N) is 2. The first kappa shape index (κ1) is 14.9. The Kier molecular flexibility index (Phi) is 4.06. The normalized spacial score (nSPS) is 23.8. The van der Waals surface area contributed by atoms with E-state index in [1.54, 1.807) is 4.90 Å². The number of carbonyl (C=O) groups excluding carboxylic acids is 1. The van der Waals surface area contributed by atoms with Crippen LogP contribution in [0, 0.1) is 5.41 Å². The minimum absolute atomic E-state index is 0.126. The number of likely N-dealkylation sites (tertiary alicyclic amines) is 1. The average Bonchev–Trinajstić information content (AvgIpc) is 2.86. The molecule has 20 heavy (non-hydrogen) atoms. The lowest BCUT2D eigenvalue weighted by molar-refractivity contribution is -0.141. The molecule has 0 aromatic rings. The van der Waals surface area contributed by atoms with Gasteiger partial charge in [0, 0.05) is 19.6 Å². The number of amides is 2. The van der Waals surface area contributed by atoms with Crippen molar-refractivity contribution < 1.29 is 14.7 Å². The summed E-state index contributed by atoms with van der Waals surface area (Å²) in [4.78, 5) is 26.9. The van der Waals surface area contributed by atoms with Crippen LogP contribution in [0.2, 0.25) is 0 Å². The fourth-order valence-corrected chi connectivity index (χ4v) is 2.96. The van der Waals surface area contributed by atoms with Crippen LogP contribution in [0.15, 0.2) is 11.6 Å². The number of hydrogen-bond acceptors (Lipinski definition) is 2. The highest BCUT2D eigenvalue weighted by molar-refractivity contribution is 5.83. The second-order valence-electron chi connectivity index (χ2n) is 6.65. The largest absolute Gasteiger partial charge is 0.480 e. The van der Waals surface area contributed by atoms with Crippen molar-refractivity contribution in [3.05, 3.63) is 11.6 Å². The molecule has 0 aromatic heterocycles. The van der Waals surface area contributed by atoms with E-state index in [0.717, 1.165) is 12.8 Å². The number of carbonyl (C=O) groups is 2. The molecule has 2 aliphatic heterocycles. The van der Waals surface area contributed by atoms with Crippen molar-refractivity contribution >= 4 is 12.0 Å². The molecule has 1 atom stereocenters. The molecule has 1 N–H and O–H groups in total. The molecule has 0 spiro atoms. The molecule has 2 heterocycles. The van der Waals surface area contributed by atoms with Gasteiger partial charge in [-0.25, -0.2) is 9.59 Å². The molecule has 5 heteroatoms. The van der Waals surface area contributed by atoms with Gasteiger partial charge in [0.1, 0.15) is 6.04 Å². The lowest BCUT2D eigenvalue weighted by Gasteiger charge is -2.35. The van der Waals surface area contributed by atoms with Crippen LogP contribution >= 0.6 is 0 Å². The van der Waals surface area contributed by atoms with Crippen molar-refractivity contribution in [2.24, 2.45) is 5.41 Å². The van der Waals surface area contributed by atoms with Gasteiger partial charge in [0.25, 0.3) is 0 Å². The number of rotatable bonds is 1. The Morgan fingerprint density at radius 2 is 2.00 bits per heavy atom. The van der Waals surface area contributed by atoms with E-state index in [2.05, 4.69) is 26.8 Å². The van der Waals surface area contributed by atoms with Gasteiger partial charge in [-0.2, -0.15) is 0 Å². The van der Waals surface area contributed by atoms with Gasteiger partial charge in [-0.05, 0) is 24.7 Å². The summed E-state index contributed by atoms with van der Waals surface area (Å²) in [6, 6.07) is -0.769. The van der Waals surface area contributed by atoms with E-state index in [1.807, 2.05) is 0 Å². The standard InChI is InChI=1S/C15H24N2O3/c1-15(2,3)11-6-9-16(10-7-11)14(20)17-8-4-5-12(17)13(18)19/h6,12H,4-5,7-10H2,1-3H3,(H,18,19)/t12-/m0/s1. The summed E-state index contributed by atoms with van der Waals surface area (Å²) < 4.78 is 0. The Morgan fingerprint density at radius 1 is 1.30 bits per heavy atom. The number of aliphatic carboxylic acids is 1. The molecule has 1 fully saturated rings. The molecule has 0 aromatic carbocycles. The topological polar surface area (TPSA) is 60.9 Å². The quantitative estimate of drug-likeness (QED) is 0.750. The van der Waals surface area contributed by atoms with Crippen LogP contribution in [0.5, 0.6) is 0 Å². The summed E-state index contributed by atoms with van der Waals surface area (Å²) in [5.74, 6) is -0.890. The molecule has 2 rings (SSSR count). The first-order valence-electron chi connectivity index (χ1n) is 7.28. The Hall–Kier alpha value is -1.52. The molecule has 2 aliphatic rings. The maximum Gasteiger partial charge on any atom is 0.326 e. The lowest BCUT2D eigenvalue weighted by atomic mass is 9.83. The van der Waals surface area contributed by atoms with Crippen molar-refractivity contribution in [1.29, 1.82) is 0 Å². The summed E-state index contributed by atoms with van der Waals surface area (Å²) in [5.41, 5.74) is 1.52. The van der Waals surface area contributed by atoms with Gasteiger partial charge in [0.05, 0.1) is 0 Å². The molecule has 5 nitrogen and oxygen atoms in total. The molecular formula is C15H24N2O3. The van der Waals surface area contributed by atoms with Crippen molar-refractivity contribution in [1.82, 2.24) is 9.80 Å². The van der Waals surface area contributed by atoms with Crippen molar-refractivity contribution in [3.63, 3.8) is 0 Å². The van der Waals surface area contributed by atoms with Crippen molar-refractivity contribution in [2.45, 2.75) is 46.1 Å². The third kappa shape index (κ3) is 2.97. The summed E-state index contributed by atoms with van der Waals surface area (Å²) in [6.45, 7) is 8.37. The first-order valence-corrected chi connectivity index (χ1v) is 7.28. The van der Waals surface area contributed by atoms with Crippen LogP contribution in [0.1, 0.15) is 40.0 Å². The Balaban J connectivity index is 2.02. The third-order valence-electron chi connectivity index (χ3n) is 4.23. The summed E-state index contributed by atoms with van der Waals surface area (Å²) >= 11 is 0. The van der Waals surface area contributed by atoms with E-state index >= 15 is 0 Å². The highest BCUT2D eigenvalue weighted by atomic mass is 16.4. The van der Waals surface area contributed by atoms with Gasteiger partial charge < -0.3 is 14.9 Å². The smallest absolute Gasteiger partial charge is 0.326 e. The van der Waals surface area contributed by atoms with Crippen LogP contribution in [0.4, 0.5) is 4.79 Å². The van der Waals surface area contributed by atoms with Gasteiger partial charge in [-0.15, -0.1) is 0 Å². The summed E-state index contributed by atoms with van der Waals surface area (Å²) in [7, 11) is 0. The minimum Gasteiger partial charge on any atom is -0.480 e. The van der Waals surface area contributed by atoms with E-state index in [0.29, 0.717) is 26.1 Å². The zero-order valence-electron chi connectivity index (χ0n) is 12.6. The predicted octanol–water partition coefficient (Wildman–Crippen LogP) is 2.33. The maximum atomic E-state index is 12.4. The highest BCUT2D eigenvalue weighted by Crippen LogP contribution is 2.30. The van der Waals surface area contributed by atoms with E-state index in [-0.39, 0.29) is 11.4 Å². The second-order valence-corrected chi connectivity index (χ2v) is 6.65. The maximum absolute atomic E-state index is 12.4. The number of carboxylic acids is 1. The van der Waals surface area contributed by atoms with Gasteiger partial charge in [-0.3, -0.25) is 0 Å². The van der Waals surface area contributed by atoms with Gasteiger partial charge in [0.15, 0.2) is 0 Å². The van der Waals surface area contributed by atoms with Crippen LogP contribution in [0.25, 0.3) is 0 Å². The minimum atomic E-state index is -0.890. The third-order valence-corrected chi connectivity index (χ3v) is 4.23. The Labute approximate surface area is 120 Å². The average molecular weight is 280 g/mol. The fraction of sp³-hybridized carbons (Fsp3) is 0.733. The molecule has 0 bridgehead atoms. The van der Waals surface area contributed by atoms with Crippen LogP contribution in [-0.2, 0) is 4.79 Å². The van der Waals surface area contributed by atoms with E-state index < -0.39 is 12.0 Å². The Morgan fingerprint density at radius 3 is 2.50 bits per heavy atom. The molecule has 0 radical (unpaired) electrons. The SMILES string of the molecule is CC(C)(C)C1=CCN(C(=O)N2CCC[C@H]2C(=O)O)CC1. The summed E-state index contributed by atoms with van der Waals surface area (Å²) in [6.07, 6.45) is 4.34. The zero-order chi connectivity index (χ0) is 14.9. The second kappa shape index (κ2) is 5.46. The van der Waals surface area contributed by atoms with Gasteiger partial charge in [-0.1, -0.05) is 32.4 Å². The van der Waals surface area contributed by atoms with E-state index in [9.17, 15) is 9.59 Å². The molecule has 0 saturated carbocycles. The van der Waals surface area contributed by atoms with E-state index in [1.165, 1.54) is 10.5 Å². The molecule has 0 unspecified atom stereocenters. The lowest BCUT2D eigenvalue weighted by Crippen LogP contribution is -2.49. The van der Waals surface area contributed by atoms with Crippen LogP contribution < -0.4 is 0 Å². The molecular weight excluding hydrogens is 256 g/mol. The van der Waals surface area contributed by atoms with Crippen molar-refractivity contribution in [2.75, 3.05) is 19.6 Å². The molecule has 2 amide bonds. The predicted molar refractivity (Wildman–Crippen MR) is 76.5 cm³/mol. The first-order chi connectivity index (χ1) is 9.30. The number of hydrogen-bond donors (Lipinski definition) is 1. The number of urea groups is 1. The monoisotopic (exact) mass is 280 g/mol. The van der Waals surface area contributed by atoms with Gasteiger partial charge in [0.2, 0.25) is 0 Å². The molecule has 1 saturated heterocycles.